The fourth-order valence-electron chi connectivity index (χ4n) is 2.57. The number of nitrogens with zero attached hydrogens (tertiary/aromatic N) is 3. The average Bonchev–Trinajstić information content (AvgIpc) is 3.09. The van der Waals surface area contributed by atoms with Gasteiger partial charge in [-0.2, -0.15) is 0 Å². The Labute approximate surface area is 143 Å². The van der Waals surface area contributed by atoms with E-state index in [0.717, 1.165) is 10.6 Å². The molecule has 126 valence electrons. The molecule has 0 fully saturated rings. The zero-order valence-electron chi connectivity index (χ0n) is 14.2. The largest absolute Gasteiger partial charge is 0.350 e. The van der Waals surface area contributed by atoms with Crippen LogP contribution in [0, 0.1) is 0 Å². The van der Waals surface area contributed by atoms with Gasteiger partial charge in [0.1, 0.15) is 6.54 Å². The van der Waals surface area contributed by atoms with Gasteiger partial charge < -0.3 is 5.32 Å². The number of pyridine rings is 1. The molecule has 0 aromatic carbocycles. The highest BCUT2D eigenvalue weighted by molar-refractivity contribution is 7.13. The van der Waals surface area contributed by atoms with Crippen molar-refractivity contribution in [1.29, 1.82) is 0 Å². The van der Waals surface area contributed by atoms with Crippen molar-refractivity contribution in [2.75, 3.05) is 0 Å². The summed E-state index contributed by atoms with van der Waals surface area (Å²) in [6, 6.07) is 7.56. The second kappa shape index (κ2) is 5.90. The standard InChI is InChI=1S/C17H20N4O2S/c1-17(2,3)19-14(22)10-21-15-11(16(23)20(21)4)7-8-12(18-15)13-6-5-9-24-13/h5-9H,10H2,1-4H3,(H,19,22). The van der Waals surface area contributed by atoms with Gasteiger partial charge in [0, 0.05) is 12.6 Å². The first kappa shape index (κ1) is 16.4. The van der Waals surface area contributed by atoms with Gasteiger partial charge in [0.2, 0.25) is 5.91 Å². The minimum Gasteiger partial charge on any atom is -0.350 e. The molecule has 6 nitrogen and oxygen atoms in total. The van der Waals surface area contributed by atoms with Crippen LogP contribution >= 0.6 is 11.3 Å². The molecule has 3 rings (SSSR count). The predicted molar refractivity (Wildman–Crippen MR) is 96.2 cm³/mol. The summed E-state index contributed by atoms with van der Waals surface area (Å²) in [5.74, 6) is -0.154. The van der Waals surface area contributed by atoms with Gasteiger partial charge in [0.05, 0.1) is 16.0 Å². The summed E-state index contributed by atoms with van der Waals surface area (Å²) in [6.07, 6.45) is 0. The number of carbonyl (C=O) groups is 1. The second-order valence-electron chi connectivity index (χ2n) is 6.73. The van der Waals surface area contributed by atoms with Crippen molar-refractivity contribution in [2.45, 2.75) is 32.9 Å². The molecule has 0 aliphatic carbocycles. The van der Waals surface area contributed by atoms with E-state index >= 15 is 0 Å². The Hall–Kier alpha value is -2.41. The average molecular weight is 344 g/mol. The van der Waals surface area contributed by atoms with E-state index in [1.807, 2.05) is 44.4 Å². The number of thiophene rings is 1. The molecule has 3 aromatic rings. The Morgan fingerprint density at radius 3 is 2.67 bits per heavy atom. The normalized spacial score (nSPS) is 11.8. The van der Waals surface area contributed by atoms with Crippen molar-refractivity contribution in [2.24, 2.45) is 7.05 Å². The van der Waals surface area contributed by atoms with Gasteiger partial charge in [-0.15, -0.1) is 11.3 Å². The van der Waals surface area contributed by atoms with Crippen molar-refractivity contribution in [3.05, 3.63) is 40.0 Å². The first-order valence-corrected chi connectivity index (χ1v) is 8.56. The van der Waals surface area contributed by atoms with Crippen LogP contribution in [0.4, 0.5) is 0 Å². The number of rotatable bonds is 3. The van der Waals surface area contributed by atoms with Crippen molar-refractivity contribution < 1.29 is 4.79 Å². The van der Waals surface area contributed by atoms with Gasteiger partial charge in [-0.05, 0) is 44.4 Å². The highest BCUT2D eigenvalue weighted by Gasteiger charge is 2.18. The molecule has 0 bridgehead atoms. The van der Waals surface area contributed by atoms with E-state index in [0.29, 0.717) is 11.0 Å². The van der Waals surface area contributed by atoms with E-state index in [2.05, 4.69) is 10.3 Å². The van der Waals surface area contributed by atoms with Crippen LogP contribution in [-0.2, 0) is 18.4 Å². The maximum Gasteiger partial charge on any atom is 0.275 e. The van der Waals surface area contributed by atoms with E-state index in [-0.39, 0.29) is 23.6 Å². The van der Waals surface area contributed by atoms with E-state index in [9.17, 15) is 9.59 Å². The van der Waals surface area contributed by atoms with E-state index < -0.39 is 0 Å². The predicted octanol–water partition coefficient (Wildman–Crippen LogP) is 2.38. The molecule has 0 spiro atoms. The lowest BCUT2D eigenvalue weighted by molar-refractivity contribution is -0.123. The Morgan fingerprint density at radius 2 is 2.04 bits per heavy atom. The van der Waals surface area contributed by atoms with Crippen LogP contribution < -0.4 is 10.9 Å². The summed E-state index contributed by atoms with van der Waals surface area (Å²) in [5.41, 5.74) is 0.846. The molecular weight excluding hydrogens is 324 g/mol. The lowest BCUT2D eigenvalue weighted by atomic mass is 10.1. The third-order valence-corrected chi connectivity index (χ3v) is 4.48. The molecule has 7 heteroatoms. The van der Waals surface area contributed by atoms with Crippen LogP contribution in [-0.4, -0.2) is 25.8 Å². The summed E-state index contributed by atoms with van der Waals surface area (Å²) >= 11 is 1.59. The van der Waals surface area contributed by atoms with Crippen LogP contribution in [0.15, 0.2) is 34.4 Å². The van der Waals surface area contributed by atoms with Crippen molar-refractivity contribution in [3.8, 4) is 10.6 Å². The van der Waals surface area contributed by atoms with Crippen LogP contribution in [0.25, 0.3) is 21.6 Å². The number of hydrogen-bond donors (Lipinski definition) is 1. The molecule has 3 heterocycles. The van der Waals surface area contributed by atoms with Gasteiger partial charge in [-0.25, -0.2) is 4.98 Å². The zero-order chi connectivity index (χ0) is 17.5. The first-order chi connectivity index (χ1) is 11.3. The highest BCUT2D eigenvalue weighted by atomic mass is 32.1. The molecule has 3 aromatic heterocycles. The highest BCUT2D eigenvalue weighted by Crippen LogP contribution is 2.24. The van der Waals surface area contributed by atoms with Crippen LogP contribution in [0.3, 0.4) is 0 Å². The SMILES string of the molecule is Cn1c(=O)c2ccc(-c3cccs3)nc2n1CC(=O)NC(C)(C)C. The van der Waals surface area contributed by atoms with Crippen molar-refractivity contribution in [1.82, 2.24) is 19.7 Å². The Balaban J connectivity index is 2.06. The summed E-state index contributed by atoms with van der Waals surface area (Å²) in [5, 5.41) is 5.41. The van der Waals surface area contributed by atoms with Crippen LogP contribution in [0.2, 0.25) is 0 Å². The molecule has 0 saturated carbocycles. The zero-order valence-corrected chi connectivity index (χ0v) is 15.0. The third-order valence-electron chi connectivity index (χ3n) is 3.59. The summed E-state index contributed by atoms with van der Waals surface area (Å²) in [4.78, 5) is 30.3. The molecule has 0 aliphatic heterocycles. The molecule has 0 unspecified atom stereocenters. The third kappa shape index (κ3) is 3.12. The van der Waals surface area contributed by atoms with Gasteiger partial charge in [0.25, 0.3) is 5.56 Å². The molecular formula is C17H20N4O2S. The molecule has 1 amide bonds. The Kier molecular flexibility index (Phi) is 4.04. The maximum absolute atomic E-state index is 12.4. The minimum absolute atomic E-state index is 0.0490. The van der Waals surface area contributed by atoms with Gasteiger partial charge >= 0.3 is 0 Å². The first-order valence-electron chi connectivity index (χ1n) is 7.68. The monoisotopic (exact) mass is 344 g/mol. The van der Waals surface area contributed by atoms with Crippen LogP contribution in [0.5, 0.6) is 0 Å². The summed E-state index contributed by atoms with van der Waals surface area (Å²) in [6.45, 7) is 5.81. The molecule has 0 saturated heterocycles. The maximum atomic E-state index is 12.4. The van der Waals surface area contributed by atoms with Crippen molar-refractivity contribution in [3.63, 3.8) is 0 Å². The number of fused-ring (bicyclic) bond motifs is 1. The van der Waals surface area contributed by atoms with Crippen LogP contribution in [0.1, 0.15) is 20.8 Å². The number of hydrogen-bond acceptors (Lipinski definition) is 4. The Bertz CT molecular complexity index is 946. The van der Waals surface area contributed by atoms with Gasteiger partial charge in [0.15, 0.2) is 5.65 Å². The smallest absolute Gasteiger partial charge is 0.275 e. The molecule has 0 aliphatic rings. The molecule has 1 N–H and O–H groups in total. The summed E-state index contributed by atoms with van der Waals surface area (Å²) < 4.78 is 3.06. The quantitative estimate of drug-likeness (QED) is 0.793. The van der Waals surface area contributed by atoms with Gasteiger partial charge in [-0.3, -0.25) is 19.0 Å². The number of aromatic nitrogens is 3. The van der Waals surface area contributed by atoms with E-state index in [4.69, 9.17) is 0 Å². The lowest BCUT2D eigenvalue weighted by Gasteiger charge is -2.21. The number of amides is 1. The second-order valence-corrected chi connectivity index (χ2v) is 7.68. The topological polar surface area (TPSA) is 68.9 Å². The molecule has 0 atom stereocenters. The van der Waals surface area contributed by atoms with E-state index in [1.165, 1.54) is 4.68 Å². The van der Waals surface area contributed by atoms with Crippen molar-refractivity contribution >= 4 is 28.3 Å². The fraction of sp³-hybridized carbons (Fsp3) is 0.353. The fourth-order valence-corrected chi connectivity index (χ4v) is 3.27. The minimum atomic E-state index is -0.325. The Morgan fingerprint density at radius 1 is 1.29 bits per heavy atom. The number of nitrogens with one attached hydrogen (secondary N) is 1. The van der Waals surface area contributed by atoms with Gasteiger partial charge in [-0.1, -0.05) is 6.07 Å². The molecule has 24 heavy (non-hydrogen) atoms. The van der Waals surface area contributed by atoms with E-state index in [1.54, 1.807) is 29.1 Å². The lowest BCUT2D eigenvalue weighted by Crippen LogP contribution is -2.43. The number of carbonyl (C=O) groups excluding carboxylic acids is 1. The summed E-state index contributed by atoms with van der Waals surface area (Å²) in [7, 11) is 1.65. The molecule has 0 radical (unpaired) electrons.